The van der Waals surface area contributed by atoms with Gasteiger partial charge in [-0.3, -0.25) is 0 Å². The molecule has 0 aromatic heterocycles. The number of rotatable bonds is 4. The zero-order valence-corrected chi connectivity index (χ0v) is 11.6. The summed E-state index contributed by atoms with van der Waals surface area (Å²) in [5.41, 5.74) is -0.334. The van der Waals surface area contributed by atoms with Gasteiger partial charge in [0.15, 0.2) is 0 Å². The first-order valence-electron chi connectivity index (χ1n) is 6.13. The molecule has 3 nitrogen and oxygen atoms in total. The topological polar surface area (TPSA) is 45.0 Å². The number of hydrogen-bond acceptors (Lipinski definition) is 4. The van der Waals surface area contributed by atoms with Crippen LogP contribution in [0, 0.1) is 11.3 Å². The summed E-state index contributed by atoms with van der Waals surface area (Å²) < 4.78 is 5.36. The van der Waals surface area contributed by atoms with Crippen LogP contribution in [0.1, 0.15) is 19.3 Å². The van der Waals surface area contributed by atoms with Gasteiger partial charge in [0.05, 0.1) is 13.2 Å². The van der Waals surface area contributed by atoms with Gasteiger partial charge in [0, 0.05) is 10.1 Å². The van der Waals surface area contributed by atoms with E-state index >= 15 is 0 Å². The van der Waals surface area contributed by atoms with Crippen molar-refractivity contribution in [2.45, 2.75) is 34.9 Å². The van der Waals surface area contributed by atoms with E-state index in [0.717, 1.165) is 29.9 Å². The molecule has 1 fully saturated rings. The largest absolute Gasteiger partial charge is 0.496 e. The molecule has 2 atom stereocenters. The maximum atomic E-state index is 9.25. The van der Waals surface area contributed by atoms with Crippen LogP contribution in [-0.2, 0) is 0 Å². The Kier molecular flexibility index (Phi) is 4.15. The van der Waals surface area contributed by atoms with E-state index in [1.807, 2.05) is 37.0 Å². The molecule has 1 aliphatic carbocycles. The molecule has 2 rings (SSSR count). The molecule has 0 spiro atoms. The summed E-state index contributed by atoms with van der Waals surface area (Å²) in [6.07, 6.45) is 2.88. The van der Waals surface area contributed by atoms with Gasteiger partial charge in [-0.1, -0.05) is 12.1 Å². The number of nitriles is 1. The summed E-state index contributed by atoms with van der Waals surface area (Å²) in [7, 11) is 3.57. The second kappa shape index (κ2) is 5.64. The fraction of sp³-hybridized carbons (Fsp3) is 0.500. The molecule has 0 amide bonds. The van der Waals surface area contributed by atoms with Gasteiger partial charge in [-0.25, -0.2) is 0 Å². The molecule has 0 bridgehead atoms. The lowest BCUT2D eigenvalue weighted by Crippen LogP contribution is -2.38. The van der Waals surface area contributed by atoms with Crippen molar-refractivity contribution in [2.24, 2.45) is 0 Å². The Bertz CT molecular complexity index is 457. The van der Waals surface area contributed by atoms with E-state index in [2.05, 4.69) is 17.5 Å². The minimum Gasteiger partial charge on any atom is -0.496 e. The molecule has 1 aromatic rings. The molecular formula is C14H18N2OS. The number of thioether (sulfide) groups is 1. The first kappa shape index (κ1) is 13.3. The smallest absolute Gasteiger partial charge is 0.132 e. The molecule has 18 heavy (non-hydrogen) atoms. The van der Waals surface area contributed by atoms with Gasteiger partial charge < -0.3 is 10.1 Å². The van der Waals surface area contributed by atoms with Gasteiger partial charge in [-0.15, -0.1) is 11.8 Å². The van der Waals surface area contributed by atoms with Crippen molar-refractivity contribution >= 4 is 11.8 Å². The van der Waals surface area contributed by atoms with Crippen LogP contribution in [0.15, 0.2) is 29.2 Å². The molecule has 0 aliphatic heterocycles. The quantitative estimate of drug-likeness (QED) is 0.906. The first-order chi connectivity index (χ1) is 8.73. The molecule has 0 heterocycles. The van der Waals surface area contributed by atoms with Crippen molar-refractivity contribution in [1.82, 2.24) is 5.32 Å². The average Bonchev–Trinajstić information content (AvgIpc) is 2.83. The zero-order chi connectivity index (χ0) is 13.0. The van der Waals surface area contributed by atoms with Crippen LogP contribution in [0.4, 0.5) is 0 Å². The maximum Gasteiger partial charge on any atom is 0.132 e. The molecule has 1 aliphatic rings. The first-order valence-corrected chi connectivity index (χ1v) is 7.01. The molecule has 0 saturated heterocycles. The van der Waals surface area contributed by atoms with Crippen molar-refractivity contribution in [2.75, 3.05) is 14.2 Å². The summed E-state index contributed by atoms with van der Waals surface area (Å²) in [6, 6.07) is 10.5. The third-order valence-electron chi connectivity index (χ3n) is 3.52. The summed E-state index contributed by atoms with van der Waals surface area (Å²) in [5, 5.41) is 12.9. The van der Waals surface area contributed by atoms with E-state index in [0.29, 0.717) is 5.25 Å². The lowest BCUT2D eigenvalue weighted by atomic mass is 10.0. The van der Waals surface area contributed by atoms with Gasteiger partial charge >= 0.3 is 0 Å². The fourth-order valence-electron chi connectivity index (χ4n) is 2.38. The van der Waals surface area contributed by atoms with E-state index in [4.69, 9.17) is 4.74 Å². The Hall–Kier alpha value is -1.18. The van der Waals surface area contributed by atoms with Crippen molar-refractivity contribution in [3.63, 3.8) is 0 Å². The number of benzene rings is 1. The maximum absolute atomic E-state index is 9.25. The highest BCUT2D eigenvalue weighted by atomic mass is 32.2. The van der Waals surface area contributed by atoms with E-state index in [-0.39, 0.29) is 5.54 Å². The Morgan fingerprint density at radius 3 is 2.89 bits per heavy atom. The number of methoxy groups -OCH3 is 1. The number of nitrogens with one attached hydrogen (secondary N) is 1. The van der Waals surface area contributed by atoms with Gasteiger partial charge in [0.1, 0.15) is 11.3 Å². The monoisotopic (exact) mass is 262 g/mol. The summed E-state index contributed by atoms with van der Waals surface area (Å²) >= 11 is 1.82. The Morgan fingerprint density at radius 2 is 2.28 bits per heavy atom. The highest BCUT2D eigenvalue weighted by Crippen LogP contribution is 2.42. The highest BCUT2D eigenvalue weighted by Gasteiger charge is 2.38. The van der Waals surface area contributed by atoms with Crippen molar-refractivity contribution in [1.29, 1.82) is 5.26 Å². The van der Waals surface area contributed by atoms with Crippen LogP contribution in [0.2, 0.25) is 0 Å². The van der Waals surface area contributed by atoms with Crippen LogP contribution < -0.4 is 10.1 Å². The normalized spacial score (nSPS) is 26.8. The molecule has 1 N–H and O–H groups in total. The number of nitrogens with zero attached hydrogens (tertiary/aromatic N) is 1. The van der Waals surface area contributed by atoms with Crippen molar-refractivity contribution in [3.05, 3.63) is 24.3 Å². The van der Waals surface area contributed by atoms with E-state index in [9.17, 15) is 5.26 Å². The zero-order valence-electron chi connectivity index (χ0n) is 10.8. The fourth-order valence-corrected chi connectivity index (χ4v) is 3.77. The van der Waals surface area contributed by atoms with E-state index in [1.165, 1.54) is 0 Å². The molecule has 1 aromatic carbocycles. The molecular weight excluding hydrogens is 244 g/mol. The van der Waals surface area contributed by atoms with Crippen LogP contribution in [0.5, 0.6) is 5.75 Å². The van der Waals surface area contributed by atoms with E-state index in [1.54, 1.807) is 7.11 Å². The van der Waals surface area contributed by atoms with Gasteiger partial charge in [-0.2, -0.15) is 5.26 Å². The van der Waals surface area contributed by atoms with Crippen LogP contribution >= 0.6 is 11.8 Å². The van der Waals surface area contributed by atoms with Crippen LogP contribution in [0.3, 0.4) is 0 Å². The van der Waals surface area contributed by atoms with Gasteiger partial charge in [-0.05, 0) is 38.4 Å². The second-order valence-electron chi connectivity index (χ2n) is 4.58. The minimum atomic E-state index is -0.334. The van der Waals surface area contributed by atoms with Crippen molar-refractivity contribution < 1.29 is 4.74 Å². The lowest BCUT2D eigenvalue weighted by molar-refractivity contribution is 0.404. The second-order valence-corrected chi connectivity index (χ2v) is 5.92. The predicted octanol–water partition coefficient (Wildman–Crippen LogP) is 2.82. The Labute approximate surface area is 113 Å². The summed E-state index contributed by atoms with van der Waals surface area (Å²) in [4.78, 5) is 1.16. The average molecular weight is 262 g/mol. The molecule has 2 unspecified atom stereocenters. The molecule has 0 radical (unpaired) electrons. The predicted molar refractivity (Wildman–Crippen MR) is 73.9 cm³/mol. The SMILES string of the molecule is CNC1(C#N)CCC(Sc2ccccc2OC)C1. The highest BCUT2D eigenvalue weighted by molar-refractivity contribution is 8.00. The molecule has 1 saturated carbocycles. The number of ether oxygens (including phenoxy) is 1. The lowest BCUT2D eigenvalue weighted by Gasteiger charge is -2.19. The third kappa shape index (κ3) is 2.63. The Balaban J connectivity index is 2.06. The van der Waals surface area contributed by atoms with Crippen LogP contribution in [0.25, 0.3) is 0 Å². The number of para-hydroxylation sites is 1. The molecule has 4 heteroatoms. The van der Waals surface area contributed by atoms with Crippen molar-refractivity contribution in [3.8, 4) is 11.8 Å². The third-order valence-corrected chi connectivity index (χ3v) is 4.85. The standard InChI is InChI=1S/C14H18N2OS/c1-16-14(10-15)8-7-11(9-14)18-13-6-4-3-5-12(13)17-2/h3-6,11,16H,7-9H2,1-2H3. The minimum absolute atomic E-state index is 0.334. The van der Waals surface area contributed by atoms with Crippen LogP contribution in [-0.4, -0.2) is 24.9 Å². The summed E-state index contributed by atoms with van der Waals surface area (Å²) in [5.74, 6) is 0.918. The van der Waals surface area contributed by atoms with E-state index < -0.39 is 0 Å². The summed E-state index contributed by atoms with van der Waals surface area (Å²) in [6.45, 7) is 0. The number of hydrogen-bond donors (Lipinski definition) is 1. The Morgan fingerprint density at radius 1 is 1.50 bits per heavy atom. The van der Waals surface area contributed by atoms with Gasteiger partial charge in [0.2, 0.25) is 0 Å². The molecule has 96 valence electrons. The van der Waals surface area contributed by atoms with Gasteiger partial charge in [0.25, 0.3) is 0 Å².